The maximum Gasteiger partial charge on any atom is 0.192 e. The molecule has 0 aromatic heterocycles. The summed E-state index contributed by atoms with van der Waals surface area (Å²) in [6, 6.07) is 0. The van der Waals surface area contributed by atoms with Crippen LogP contribution in [-0.4, -0.2) is 20.1 Å². The van der Waals surface area contributed by atoms with Gasteiger partial charge in [-0.3, -0.25) is 0 Å². The van der Waals surface area contributed by atoms with Gasteiger partial charge in [-0.15, -0.1) is 0 Å². The summed E-state index contributed by atoms with van der Waals surface area (Å²) >= 11 is 0. The van der Waals surface area contributed by atoms with Crippen LogP contribution in [0.15, 0.2) is 23.5 Å². The monoisotopic (exact) mass is 260 g/mol. The average molecular weight is 260 g/mol. The van der Waals surface area contributed by atoms with E-state index in [-0.39, 0.29) is 0 Å². The predicted octanol–water partition coefficient (Wildman–Crippen LogP) is 3.17. The predicted molar refractivity (Wildman–Crippen MR) is 72.3 cm³/mol. The molecule has 0 aliphatic carbocycles. The Kier molecular flexibility index (Phi) is 10.2. The molecule has 4 heteroatoms. The highest BCUT2D eigenvalue weighted by Crippen LogP contribution is 2.09. The number of rotatable bonds is 11. The van der Waals surface area contributed by atoms with Crippen LogP contribution >= 0.6 is 0 Å². The molecule has 0 bridgehead atoms. The molecule has 1 N–H and O–H groups in total. The van der Waals surface area contributed by atoms with Crippen molar-refractivity contribution in [3.8, 4) is 0 Å². The zero-order chi connectivity index (χ0) is 13.0. The largest absolute Gasteiger partial charge is 0.396 e. The van der Waals surface area contributed by atoms with Gasteiger partial charge in [-0.25, -0.2) is 8.42 Å². The summed E-state index contributed by atoms with van der Waals surface area (Å²) in [5, 5.41) is 10.8. The summed E-state index contributed by atoms with van der Waals surface area (Å²) in [7, 11) is -3.17. The van der Waals surface area contributed by atoms with Gasteiger partial charge in [-0.05, 0) is 19.3 Å². The van der Waals surface area contributed by atoms with E-state index in [1.807, 2.05) is 0 Å². The smallest absolute Gasteiger partial charge is 0.192 e. The van der Waals surface area contributed by atoms with Crippen LogP contribution in [0.3, 0.4) is 0 Å². The molecule has 0 unspecified atom stereocenters. The highest BCUT2D eigenvalue weighted by atomic mass is 32.2. The van der Waals surface area contributed by atoms with E-state index in [1.165, 1.54) is 24.7 Å². The Bertz CT molecular complexity index is 305. The Morgan fingerprint density at radius 1 is 0.941 bits per heavy atom. The van der Waals surface area contributed by atoms with Crippen molar-refractivity contribution in [2.45, 2.75) is 51.4 Å². The van der Waals surface area contributed by atoms with Crippen LogP contribution in [0, 0.1) is 0 Å². The Morgan fingerprint density at radius 2 is 1.47 bits per heavy atom. The molecule has 0 heterocycles. The second-order valence-corrected chi connectivity index (χ2v) is 5.90. The maximum absolute atomic E-state index is 11.0. The molecular formula is C13H24O3S. The third kappa shape index (κ3) is 11.6. The number of hydrogen-bond acceptors (Lipinski definition) is 3. The fourth-order valence-electron chi connectivity index (χ4n) is 1.52. The summed E-state index contributed by atoms with van der Waals surface area (Å²) in [4.78, 5) is 0. The van der Waals surface area contributed by atoms with Gasteiger partial charge >= 0.3 is 0 Å². The van der Waals surface area contributed by atoms with Gasteiger partial charge in [0.25, 0.3) is 0 Å². The molecule has 100 valence electrons. The average Bonchev–Trinajstić information content (AvgIpc) is 2.31. The molecule has 0 aliphatic rings. The molecule has 0 radical (unpaired) electrons. The number of aliphatic hydroxyl groups excluding tert-OH is 1. The van der Waals surface area contributed by atoms with Gasteiger partial charge in [-0.2, -0.15) is 0 Å². The summed E-state index contributed by atoms with van der Waals surface area (Å²) in [6.07, 6.45) is 10.3. The Morgan fingerprint density at radius 3 is 2.00 bits per heavy atom. The van der Waals surface area contributed by atoms with Crippen molar-refractivity contribution >= 4 is 9.84 Å². The summed E-state index contributed by atoms with van der Waals surface area (Å²) in [5.41, 5.74) is 0. The number of hydrogen-bond donors (Lipinski definition) is 1. The standard InChI is InChI=1S/C13H24O3S/c1-2-17(15,16)13-11-9-7-5-3-4-6-8-10-12-14/h2,11,13-14H,1,3-10,12H2. The van der Waals surface area contributed by atoms with Crippen LogP contribution in [0.2, 0.25) is 0 Å². The van der Waals surface area contributed by atoms with E-state index in [1.54, 1.807) is 6.08 Å². The lowest BCUT2D eigenvalue weighted by Gasteiger charge is -1.99. The number of unbranched alkanes of at least 4 members (excludes halogenated alkanes) is 7. The first kappa shape index (κ1) is 16.4. The summed E-state index contributed by atoms with van der Waals surface area (Å²) in [6.45, 7) is 3.53. The molecule has 0 rings (SSSR count). The van der Waals surface area contributed by atoms with Crippen molar-refractivity contribution in [1.29, 1.82) is 0 Å². The highest BCUT2D eigenvalue weighted by molar-refractivity contribution is 7.97. The van der Waals surface area contributed by atoms with E-state index >= 15 is 0 Å². The van der Waals surface area contributed by atoms with Crippen LogP contribution < -0.4 is 0 Å². The quantitative estimate of drug-likeness (QED) is 0.580. The molecule has 0 aromatic rings. The molecule has 0 aromatic carbocycles. The van der Waals surface area contributed by atoms with Crippen LogP contribution in [0.5, 0.6) is 0 Å². The first-order chi connectivity index (χ1) is 8.12. The lowest BCUT2D eigenvalue weighted by molar-refractivity contribution is 0.282. The number of aliphatic hydroxyl groups is 1. The highest BCUT2D eigenvalue weighted by Gasteiger charge is 1.95. The van der Waals surface area contributed by atoms with Crippen molar-refractivity contribution < 1.29 is 13.5 Å². The zero-order valence-corrected chi connectivity index (χ0v) is 11.3. The van der Waals surface area contributed by atoms with Crippen molar-refractivity contribution in [3.05, 3.63) is 23.5 Å². The summed E-state index contributed by atoms with van der Waals surface area (Å²) in [5.74, 6) is 0. The molecule has 0 amide bonds. The molecule has 0 fully saturated rings. The van der Waals surface area contributed by atoms with Crippen LogP contribution in [0.4, 0.5) is 0 Å². The fraction of sp³-hybridized carbons (Fsp3) is 0.692. The van der Waals surface area contributed by atoms with Gasteiger partial charge in [0.05, 0.1) is 0 Å². The molecule has 17 heavy (non-hydrogen) atoms. The lowest BCUT2D eigenvalue weighted by atomic mass is 10.1. The third-order valence-electron chi connectivity index (χ3n) is 2.55. The molecule has 0 aliphatic heterocycles. The Hall–Kier alpha value is -0.610. The second-order valence-electron chi connectivity index (χ2n) is 4.11. The molecule has 0 saturated heterocycles. The molecule has 0 atom stereocenters. The minimum absolute atomic E-state index is 0.294. The first-order valence-electron chi connectivity index (χ1n) is 6.27. The normalized spacial score (nSPS) is 12.1. The number of sulfone groups is 1. The van der Waals surface area contributed by atoms with Gasteiger partial charge in [0, 0.05) is 17.4 Å². The second kappa shape index (κ2) is 10.5. The van der Waals surface area contributed by atoms with E-state index in [0.29, 0.717) is 6.61 Å². The van der Waals surface area contributed by atoms with Gasteiger partial charge in [0.15, 0.2) is 9.84 Å². The van der Waals surface area contributed by atoms with Crippen molar-refractivity contribution in [1.82, 2.24) is 0 Å². The van der Waals surface area contributed by atoms with Gasteiger partial charge in [-0.1, -0.05) is 44.8 Å². The first-order valence-corrected chi connectivity index (χ1v) is 7.88. The van der Waals surface area contributed by atoms with Gasteiger partial charge in [0.2, 0.25) is 0 Å². The zero-order valence-electron chi connectivity index (χ0n) is 10.5. The van der Waals surface area contributed by atoms with E-state index in [2.05, 4.69) is 6.58 Å². The Balaban J connectivity index is 3.32. The van der Waals surface area contributed by atoms with Crippen LogP contribution in [-0.2, 0) is 9.84 Å². The van der Waals surface area contributed by atoms with E-state index in [9.17, 15) is 8.42 Å². The fourth-order valence-corrected chi connectivity index (χ4v) is 2.03. The minimum atomic E-state index is -3.17. The topological polar surface area (TPSA) is 54.4 Å². The third-order valence-corrected chi connectivity index (χ3v) is 3.58. The van der Waals surface area contributed by atoms with Crippen molar-refractivity contribution in [2.24, 2.45) is 0 Å². The van der Waals surface area contributed by atoms with Gasteiger partial charge < -0.3 is 5.11 Å². The molecule has 3 nitrogen and oxygen atoms in total. The molecule has 0 spiro atoms. The van der Waals surface area contributed by atoms with E-state index < -0.39 is 9.84 Å². The van der Waals surface area contributed by atoms with Gasteiger partial charge in [0.1, 0.15) is 0 Å². The minimum Gasteiger partial charge on any atom is -0.396 e. The number of allylic oxidation sites excluding steroid dienone is 1. The van der Waals surface area contributed by atoms with Crippen molar-refractivity contribution in [3.63, 3.8) is 0 Å². The van der Waals surface area contributed by atoms with Crippen LogP contribution in [0.1, 0.15) is 51.4 Å². The Labute approximate surface area is 105 Å². The molecular weight excluding hydrogens is 236 g/mol. The summed E-state index contributed by atoms with van der Waals surface area (Å²) < 4.78 is 22.0. The van der Waals surface area contributed by atoms with Crippen molar-refractivity contribution in [2.75, 3.05) is 6.61 Å². The van der Waals surface area contributed by atoms with Crippen LogP contribution in [0.25, 0.3) is 0 Å². The lowest BCUT2D eigenvalue weighted by Crippen LogP contribution is -1.86. The maximum atomic E-state index is 11.0. The molecule has 0 saturated carbocycles. The SMILES string of the molecule is C=CS(=O)(=O)C=CCCCCCCCCCO. The van der Waals surface area contributed by atoms with E-state index in [0.717, 1.165) is 37.5 Å². The van der Waals surface area contributed by atoms with E-state index in [4.69, 9.17) is 5.11 Å².